The molecule has 3 aromatic rings. The Bertz CT molecular complexity index is 1090. The summed E-state index contributed by atoms with van der Waals surface area (Å²) < 4.78 is 45.1. The standard InChI is InChI=1S/C30H33FO6/c1-33-30-25(21-34-18-22-11-5-2-6-12-22)27(35-19-23-13-7-3-8-14-23)29(28(37-30)26(31)17-32)36-20-24-15-9-4-10-16-24/h2-16,26-29,32H,17-21H2,1H3/t26-,27?,28?,29-/m0/s1. The Morgan fingerprint density at radius 2 is 1.27 bits per heavy atom. The van der Waals surface area contributed by atoms with Gasteiger partial charge in [-0.1, -0.05) is 91.0 Å². The molecule has 37 heavy (non-hydrogen) atoms. The minimum atomic E-state index is -1.71. The van der Waals surface area contributed by atoms with Gasteiger partial charge in [0.1, 0.15) is 12.2 Å². The van der Waals surface area contributed by atoms with Gasteiger partial charge in [0.2, 0.25) is 0 Å². The highest BCUT2D eigenvalue weighted by Crippen LogP contribution is 2.33. The molecule has 1 aliphatic rings. The third-order valence-electron chi connectivity index (χ3n) is 6.11. The van der Waals surface area contributed by atoms with Crippen molar-refractivity contribution in [2.75, 3.05) is 20.3 Å². The zero-order valence-corrected chi connectivity index (χ0v) is 20.9. The van der Waals surface area contributed by atoms with Gasteiger partial charge in [0, 0.05) is 0 Å². The molecule has 196 valence electrons. The lowest BCUT2D eigenvalue weighted by molar-refractivity contribution is -0.184. The first-order valence-corrected chi connectivity index (χ1v) is 12.3. The Labute approximate surface area is 217 Å². The second-order valence-electron chi connectivity index (χ2n) is 8.75. The summed E-state index contributed by atoms with van der Waals surface area (Å²) in [4.78, 5) is 0. The third kappa shape index (κ3) is 7.40. The van der Waals surface area contributed by atoms with Crippen LogP contribution < -0.4 is 0 Å². The molecule has 1 N–H and O–H groups in total. The molecule has 0 bridgehead atoms. The monoisotopic (exact) mass is 508 g/mol. The number of halogens is 1. The summed E-state index contributed by atoms with van der Waals surface area (Å²) >= 11 is 0. The van der Waals surface area contributed by atoms with E-state index in [-0.39, 0.29) is 25.8 Å². The maximum atomic E-state index is 15.0. The van der Waals surface area contributed by atoms with E-state index >= 15 is 4.39 Å². The predicted octanol–water partition coefficient (Wildman–Crippen LogP) is 4.96. The highest BCUT2D eigenvalue weighted by atomic mass is 19.1. The van der Waals surface area contributed by atoms with E-state index < -0.39 is 31.1 Å². The van der Waals surface area contributed by atoms with Crippen molar-refractivity contribution in [3.05, 3.63) is 119 Å². The molecule has 0 spiro atoms. The van der Waals surface area contributed by atoms with Crippen LogP contribution in [0.25, 0.3) is 0 Å². The average Bonchev–Trinajstić information content (AvgIpc) is 2.96. The third-order valence-corrected chi connectivity index (χ3v) is 6.11. The molecule has 0 amide bonds. The highest BCUT2D eigenvalue weighted by molar-refractivity contribution is 5.21. The first kappa shape index (κ1) is 26.8. The van der Waals surface area contributed by atoms with Crippen LogP contribution in [0, 0.1) is 0 Å². The van der Waals surface area contributed by atoms with Gasteiger partial charge in [-0.3, -0.25) is 0 Å². The number of aliphatic hydroxyl groups excluding tert-OH is 1. The van der Waals surface area contributed by atoms with E-state index in [1.165, 1.54) is 7.11 Å². The largest absolute Gasteiger partial charge is 0.469 e. The first-order chi connectivity index (χ1) is 18.2. The first-order valence-electron chi connectivity index (χ1n) is 12.3. The van der Waals surface area contributed by atoms with E-state index in [1.54, 1.807) is 0 Å². The van der Waals surface area contributed by atoms with Gasteiger partial charge in [-0.2, -0.15) is 0 Å². The number of benzene rings is 3. The fourth-order valence-electron chi connectivity index (χ4n) is 4.21. The zero-order valence-electron chi connectivity index (χ0n) is 20.9. The molecule has 7 heteroatoms. The minimum absolute atomic E-state index is 0.117. The van der Waals surface area contributed by atoms with Gasteiger partial charge in [0.15, 0.2) is 12.3 Å². The van der Waals surface area contributed by atoms with Crippen LogP contribution in [0.5, 0.6) is 0 Å². The molecular weight excluding hydrogens is 475 g/mol. The Hall–Kier alpha value is -3.23. The van der Waals surface area contributed by atoms with Crippen molar-refractivity contribution in [1.82, 2.24) is 0 Å². The van der Waals surface area contributed by atoms with Crippen LogP contribution in [-0.2, 0) is 43.5 Å². The lowest BCUT2D eigenvalue weighted by atomic mass is 9.95. The van der Waals surface area contributed by atoms with Crippen molar-refractivity contribution in [2.45, 2.75) is 44.3 Å². The molecule has 0 aromatic heterocycles. The van der Waals surface area contributed by atoms with E-state index in [0.29, 0.717) is 12.2 Å². The summed E-state index contributed by atoms with van der Waals surface area (Å²) in [6.45, 7) is 0.256. The Morgan fingerprint density at radius 1 is 0.757 bits per heavy atom. The molecule has 0 saturated carbocycles. The van der Waals surface area contributed by atoms with E-state index in [9.17, 15) is 5.11 Å². The SMILES string of the molecule is COC1=C(COCc2ccccc2)C(OCc2ccccc2)[C@H](OCc2ccccc2)C([C@@H](F)CO)O1. The molecule has 2 unspecified atom stereocenters. The summed E-state index contributed by atoms with van der Waals surface area (Å²) in [7, 11) is 1.45. The van der Waals surface area contributed by atoms with E-state index in [1.807, 2.05) is 91.0 Å². The normalized spacial score (nSPS) is 20.4. The molecule has 4 atom stereocenters. The molecule has 6 nitrogen and oxygen atoms in total. The maximum absolute atomic E-state index is 15.0. The Balaban J connectivity index is 1.61. The van der Waals surface area contributed by atoms with E-state index in [0.717, 1.165) is 16.7 Å². The van der Waals surface area contributed by atoms with Crippen LogP contribution in [0.15, 0.2) is 103 Å². The molecule has 0 fully saturated rings. The number of alkyl halides is 1. The fraction of sp³-hybridized carbons (Fsp3) is 0.333. The van der Waals surface area contributed by atoms with Crippen molar-refractivity contribution < 1.29 is 33.2 Å². The van der Waals surface area contributed by atoms with Crippen molar-refractivity contribution in [3.63, 3.8) is 0 Å². The van der Waals surface area contributed by atoms with Gasteiger partial charge >= 0.3 is 0 Å². The molecular formula is C30H33FO6. The number of hydrogen-bond donors (Lipinski definition) is 1. The fourth-order valence-corrected chi connectivity index (χ4v) is 4.21. The minimum Gasteiger partial charge on any atom is -0.469 e. The van der Waals surface area contributed by atoms with Gasteiger partial charge < -0.3 is 28.8 Å². The Kier molecular flexibility index (Phi) is 10.1. The number of methoxy groups -OCH3 is 1. The molecule has 1 heterocycles. The molecule has 0 radical (unpaired) electrons. The number of hydrogen-bond acceptors (Lipinski definition) is 6. The summed E-state index contributed by atoms with van der Waals surface area (Å²) in [5.74, 6) is 0.117. The van der Waals surface area contributed by atoms with Crippen molar-refractivity contribution in [2.24, 2.45) is 0 Å². The van der Waals surface area contributed by atoms with Gasteiger partial charge in [0.05, 0.1) is 45.7 Å². The summed E-state index contributed by atoms with van der Waals surface area (Å²) in [5.41, 5.74) is 3.47. The summed E-state index contributed by atoms with van der Waals surface area (Å²) in [6.07, 6.45) is -4.44. The molecule has 0 aliphatic carbocycles. The van der Waals surface area contributed by atoms with Gasteiger partial charge in [-0.25, -0.2) is 4.39 Å². The van der Waals surface area contributed by atoms with E-state index in [4.69, 9.17) is 23.7 Å². The lowest BCUT2D eigenvalue weighted by Gasteiger charge is -2.40. The molecule has 4 rings (SSSR count). The topological polar surface area (TPSA) is 66.4 Å². The Morgan fingerprint density at radius 3 is 1.78 bits per heavy atom. The summed E-state index contributed by atoms with van der Waals surface area (Å²) in [6, 6.07) is 29.1. The number of ether oxygens (including phenoxy) is 5. The van der Waals surface area contributed by atoms with Crippen LogP contribution >= 0.6 is 0 Å². The number of aliphatic hydroxyl groups is 1. The van der Waals surface area contributed by atoms with Crippen LogP contribution in [0.4, 0.5) is 4.39 Å². The average molecular weight is 509 g/mol. The lowest BCUT2D eigenvalue weighted by Crippen LogP contribution is -2.53. The van der Waals surface area contributed by atoms with Crippen LogP contribution in [0.1, 0.15) is 16.7 Å². The van der Waals surface area contributed by atoms with Crippen LogP contribution in [-0.4, -0.2) is 49.9 Å². The summed E-state index contributed by atoms with van der Waals surface area (Å²) in [5, 5.41) is 9.64. The van der Waals surface area contributed by atoms with Crippen molar-refractivity contribution in [1.29, 1.82) is 0 Å². The van der Waals surface area contributed by atoms with Gasteiger partial charge in [-0.15, -0.1) is 0 Å². The maximum Gasteiger partial charge on any atom is 0.283 e. The quantitative estimate of drug-likeness (QED) is 0.352. The predicted molar refractivity (Wildman–Crippen MR) is 137 cm³/mol. The van der Waals surface area contributed by atoms with E-state index in [2.05, 4.69) is 0 Å². The second kappa shape index (κ2) is 13.9. The second-order valence-corrected chi connectivity index (χ2v) is 8.75. The zero-order chi connectivity index (χ0) is 25.9. The van der Waals surface area contributed by atoms with Crippen molar-refractivity contribution in [3.8, 4) is 0 Å². The number of rotatable bonds is 13. The molecule has 1 aliphatic heterocycles. The molecule has 3 aromatic carbocycles. The van der Waals surface area contributed by atoms with Crippen LogP contribution in [0.2, 0.25) is 0 Å². The van der Waals surface area contributed by atoms with Crippen LogP contribution in [0.3, 0.4) is 0 Å². The highest BCUT2D eigenvalue weighted by Gasteiger charge is 2.46. The van der Waals surface area contributed by atoms with Gasteiger partial charge in [0.25, 0.3) is 5.95 Å². The van der Waals surface area contributed by atoms with Gasteiger partial charge in [-0.05, 0) is 16.7 Å². The smallest absolute Gasteiger partial charge is 0.283 e. The van der Waals surface area contributed by atoms with Crippen molar-refractivity contribution >= 4 is 0 Å². The molecule has 0 saturated heterocycles.